The summed E-state index contributed by atoms with van der Waals surface area (Å²) < 4.78 is 21.6. The number of anilines is 1. The lowest BCUT2D eigenvalue weighted by atomic mass is 10.1. The number of nitrogens with two attached hydrogens (primary N) is 1. The van der Waals surface area contributed by atoms with Crippen LogP contribution in [0.15, 0.2) is 104 Å². The van der Waals surface area contributed by atoms with Gasteiger partial charge in [-0.1, -0.05) is 91.0 Å². The highest BCUT2D eigenvalue weighted by Crippen LogP contribution is 2.46. The lowest BCUT2D eigenvalue weighted by molar-refractivity contribution is -0.0913. The third-order valence-corrected chi connectivity index (χ3v) is 8.44. The van der Waals surface area contributed by atoms with Crippen LogP contribution in [0.2, 0.25) is 0 Å². The van der Waals surface area contributed by atoms with E-state index in [2.05, 4.69) is 51.4 Å². The summed E-state index contributed by atoms with van der Waals surface area (Å²) in [6.45, 7) is 1.96. The van der Waals surface area contributed by atoms with Crippen molar-refractivity contribution in [3.8, 4) is 0 Å². The zero-order valence-corrected chi connectivity index (χ0v) is 22.8. The number of hydrogen-bond acceptors (Lipinski definition) is 8. The molecule has 9 heteroatoms. The molecule has 204 valence electrons. The van der Waals surface area contributed by atoms with E-state index in [1.54, 1.807) is 18.1 Å². The van der Waals surface area contributed by atoms with Gasteiger partial charge in [0.25, 0.3) is 0 Å². The Labute approximate surface area is 237 Å². The summed E-state index contributed by atoms with van der Waals surface area (Å²) in [7, 11) is 0. The molecule has 0 aliphatic carbocycles. The maximum atomic E-state index is 6.68. The number of aromatic nitrogens is 4. The van der Waals surface area contributed by atoms with Crippen LogP contribution in [0.5, 0.6) is 0 Å². The highest BCUT2D eigenvalue weighted by molar-refractivity contribution is 8.00. The van der Waals surface area contributed by atoms with Crippen molar-refractivity contribution in [1.29, 1.82) is 0 Å². The van der Waals surface area contributed by atoms with Crippen LogP contribution in [0.4, 0.5) is 5.82 Å². The predicted molar refractivity (Wildman–Crippen MR) is 156 cm³/mol. The summed E-state index contributed by atoms with van der Waals surface area (Å²) in [6.07, 6.45) is 2.70. The smallest absolute Gasteiger partial charge is 0.166 e. The molecule has 0 bridgehead atoms. The standard InChI is InChI=1S/C31H31N5O3S/c32-29-26-30(34-20-33-29)36(21-35-26)31-28(39-18-24-14-8-3-9-15-24)27(38-17-23-12-6-2-7-13-23)25(40-31)19-37-16-22-10-4-1-5-11-22/h1-15,20-21,25,27-28,31H,16-19H2,(H2,32,33,34)/t25-,27-,28+,31?/m1/s1. The maximum Gasteiger partial charge on any atom is 0.166 e. The number of rotatable bonds is 11. The molecule has 2 N–H and O–H groups in total. The number of nitrogen functional groups attached to an aromatic ring is 1. The van der Waals surface area contributed by atoms with Gasteiger partial charge in [-0.05, 0) is 16.7 Å². The van der Waals surface area contributed by atoms with E-state index in [0.717, 1.165) is 16.7 Å². The summed E-state index contributed by atoms with van der Waals surface area (Å²) in [4.78, 5) is 13.2. The van der Waals surface area contributed by atoms with Crippen LogP contribution in [0, 0.1) is 0 Å². The minimum Gasteiger partial charge on any atom is -0.382 e. The van der Waals surface area contributed by atoms with E-state index in [1.165, 1.54) is 6.33 Å². The van der Waals surface area contributed by atoms with Crippen molar-refractivity contribution in [2.24, 2.45) is 0 Å². The second kappa shape index (κ2) is 12.6. The van der Waals surface area contributed by atoms with E-state index < -0.39 is 0 Å². The number of ether oxygens (including phenoxy) is 3. The topological polar surface area (TPSA) is 97.3 Å². The number of imidazole rings is 1. The molecule has 5 aromatic rings. The van der Waals surface area contributed by atoms with Crippen molar-refractivity contribution in [3.63, 3.8) is 0 Å². The summed E-state index contributed by atoms with van der Waals surface area (Å²) in [5.41, 5.74) is 10.7. The second-order valence-electron chi connectivity index (χ2n) is 9.67. The molecule has 1 fully saturated rings. The molecule has 0 spiro atoms. The van der Waals surface area contributed by atoms with Crippen molar-refractivity contribution >= 4 is 28.7 Å². The summed E-state index contributed by atoms with van der Waals surface area (Å²) in [6, 6.07) is 30.6. The van der Waals surface area contributed by atoms with Crippen molar-refractivity contribution in [1.82, 2.24) is 19.5 Å². The van der Waals surface area contributed by atoms with Crippen LogP contribution >= 0.6 is 11.8 Å². The Kier molecular flexibility index (Phi) is 8.34. The molecule has 1 aliphatic heterocycles. The first-order valence-electron chi connectivity index (χ1n) is 13.3. The average molecular weight is 554 g/mol. The Morgan fingerprint density at radius 1 is 0.700 bits per heavy atom. The number of nitrogens with zero attached hydrogens (tertiary/aromatic N) is 4. The Balaban J connectivity index is 1.29. The molecule has 3 heterocycles. The van der Waals surface area contributed by atoms with Gasteiger partial charge < -0.3 is 19.9 Å². The molecule has 0 amide bonds. The maximum absolute atomic E-state index is 6.68. The second-order valence-corrected chi connectivity index (χ2v) is 11.0. The van der Waals surface area contributed by atoms with Gasteiger partial charge in [0.15, 0.2) is 11.5 Å². The van der Waals surface area contributed by atoms with Gasteiger partial charge in [0.2, 0.25) is 0 Å². The highest BCUT2D eigenvalue weighted by Gasteiger charge is 2.47. The molecule has 4 atom stereocenters. The van der Waals surface area contributed by atoms with Crippen LogP contribution in [-0.2, 0) is 34.0 Å². The fraction of sp³-hybridized carbons (Fsp3) is 0.258. The summed E-state index contributed by atoms with van der Waals surface area (Å²) in [5, 5.41) is -0.149. The zero-order valence-electron chi connectivity index (χ0n) is 22.0. The Morgan fingerprint density at radius 3 is 1.90 bits per heavy atom. The third kappa shape index (κ3) is 6.03. The molecule has 40 heavy (non-hydrogen) atoms. The van der Waals surface area contributed by atoms with Crippen LogP contribution in [0.25, 0.3) is 11.2 Å². The first-order valence-corrected chi connectivity index (χ1v) is 14.2. The molecular formula is C31H31N5O3S. The first kappa shape index (κ1) is 26.5. The van der Waals surface area contributed by atoms with Crippen LogP contribution in [-0.4, -0.2) is 43.6 Å². The van der Waals surface area contributed by atoms with Crippen molar-refractivity contribution in [3.05, 3.63) is 120 Å². The van der Waals surface area contributed by atoms with Gasteiger partial charge in [-0.2, -0.15) is 0 Å². The van der Waals surface area contributed by atoms with Gasteiger partial charge >= 0.3 is 0 Å². The molecule has 3 aromatic carbocycles. The van der Waals surface area contributed by atoms with Gasteiger partial charge in [-0.3, -0.25) is 4.57 Å². The fourth-order valence-electron chi connectivity index (χ4n) is 4.90. The Hall–Kier alpha value is -3.76. The van der Waals surface area contributed by atoms with Crippen molar-refractivity contribution in [2.75, 3.05) is 12.3 Å². The minimum atomic E-state index is -0.298. The SMILES string of the molecule is Nc1ncnc2c1ncn2C1S[C@H](COCc2ccccc2)[C@@H](OCc2ccccc2)[C@@H]1OCc1ccccc1. The third-order valence-electron chi connectivity index (χ3n) is 6.91. The molecule has 0 radical (unpaired) electrons. The predicted octanol–water partition coefficient (Wildman–Crippen LogP) is 5.41. The van der Waals surface area contributed by atoms with Crippen molar-refractivity contribution < 1.29 is 14.2 Å². The Bertz CT molecular complexity index is 1500. The normalized spacial score (nSPS) is 20.7. The van der Waals surface area contributed by atoms with Gasteiger partial charge in [-0.25, -0.2) is 15.0 Å². The summed E-state index contributed by atoms with van der Waals surface area (Å²) >= 11 is 1.76. The van der Waals surface area contributed by atoms with Crippen LogP contribution < -0.4 is 5.73 Å². The molecular weight excluding hydrogens is 522 g/mol. The fourth-order valence-corrected chi connectivity index (χ4v) is 6.50. The monoisotopic (exact) mass is 553 g/mol. The number of thioether (sulfide) groups is 1. The van der Waals surface area contributed by atoms with E-state index in [1.807, 2.05) is 59.2 Å². The van der Waals surface area contributed by atoms with E-state index in [4.69, 9.17) is 19.9 Å². The quantitative estimate of drug-likeness (QED) is 0.232. The average Bonchev–Trinajstić information content (AvgIpc) is 3.58. The molecule has 6 rings (SSSR count). The largest absolute Gasteiger partial charge is 0.382 e. The first-order chi connectivity index (χ1) is 19.8. The van der Waals surface area contributed by atoms with E-state index >= 15 is 0 Å². The molecule has 2 aromatic heterocycles. The summed E-state index contributed by atoms with van der Waals surface area (Å²) in [5.74, 6) is 0.355. The molecule has 0 saturated carbocycles. The molecule has 1 unspecified atom stereocenters. The Morgan fingerprint density at radius 2 is 1.27 bits per heavy atom. The lowest BCUT2D eigenvalue weighted by Gasteiger charge is -2.27. The van der Waals surface area contributed by atoms with Gasteiger partial charge in [0.1, 0.15) is 29.4 Å². The number of benzene rings is 3. The highest BCUT2D eigenvalue weighted by atomic mass is 32.2. The van der Waals surface area contributed by atoms with Gasteiger partial charge in [0, 0.05) is 0 Å². The van der Waals surface area contributed by atoms with Crippen LogP contribution in [0.3, 0.4) is 0 Å². The lowest BCUT2D eigenvalue weighted by Crippen LogP contribution is -2.38. The number of hydrogen-bond donors (Lipinski definition) is 1. The minimum absolute atomic E-state index is 0.00910. The van der Waals surface area contributed by atoms with E-state index in [-0.39, 0.29) is 22.8 Å². The molecule has 1 saturated heterocycles. The molecule has 8 nitrogen and oxygen atoms in total. The van der Waals surface area contributed by atoms with E-state index in [9.17, 15) is 0 Å². The van der Waals surface area contributed by atoms with E-state index in [0.29, 0.717) is 43.4 Å². The van der Waals surface area contributed by atoms with Gasteiger partial charge in [-0.15, -0.1) is 11.8 Å². The molecule has 1 aliphatic rings. The van der Waals surface area contributed by atoms with Crippen molar-refractivity contribution in [2.45, 2.75) is 42.7 Å². The van der Waals surface area contributed by atoms with Crippen LogP contribution in [0.1, 0.15) is 22.1 Å². The number of fused-ring (bicyclic) bond motifs is 1. The van der Waals surface area contributed by atoms with Gasteiger partial charge in [0.05, 0.1) is 38.0 Å². The zero-order chi connectivity index (χ0) is 27.1.